The first kappa shape index (κ1) is 43.3. The van der Waals surface area contributed by atoms with Gasteiger partial charge in [-0.15, -0.1) is 0 Å². The topological polar surface area (TPSA) is 71.1 Å². The van der Waals surface area contributed by atoms with Gasteiger partial charge in [0.05, 0.1) is 13.2 Å². The van der Waals surface area contributed by atoms with Crippen molar-refractivity contribution in [1.29, 1.82) is 0 Å². The van der Waals surface area contributed by atoms with E-state index in [9.17, 15) is 9.59 Å². The molecule has 7 nitrogen and oxygen atoms in total. The lowest BCUT2D eigenvalue weighted by Gasteiger charge is -2.24. The minimum atomic E-state index is -0.0537. The molecule has 0 fully saturated rings. The van der Waals surface area contributed by atoms with E-state index in [-0.39, 0.29) is 11.9 Å². The standard InChI is InChI=1S/C38H73N3O4/c1-5-7-9-11-13-21-27-35-44-37(42)29-23-17-15-19-25-32-41(39-31-34-40(3)4)33-26-20-16-18-24-30-38(43)45-36-28-22-14-12-10-8-6-2/h13-14,21-22,39H,5-12,15-20,23-36H2,1-4H3/b21-13-,22-14-. The average molecular weight is 636 g/mol. The number of carbonyl (C=O) groups is 2. The molecule has 0 saturated heterocycles. The van der Waals surface area contributed by atoms with Crippen LogP contribution in [0, 0.1) is 0 Å². The first-order valence-corrected chi connectivity index (χ1v) is 18.7. The van der Waals surface area contributed by atoms with Crippen molar-refractivity contribution in [3.63, 3.8) is 0 Å². The highest BCUT2D eigenvalue weighted by atomic mass is 16.5. The van der Waals surface area contributed by atoms with Crippen molar-refractivity contribution in [2.75, 3.05) is 53.5 Å². The molecule has 1 N–H and O–H groups in total. The Morgan fingerprint density at radius 3 is 1.40 bits per heavy atom. The smallest absolute Gasteiger partial charge is 0.305 e. The van der Waals surface area contributed by atoms with E-state index >= 15 is 0 Å². The molecule has 0 saturated carbocycles. The van der Waals surface area contributed by atoms with Crippen molar-refractivity contribution >= 4 is 11.9 Å². The van der Waals surface area contributed by atoms with E-state index in [0.717, 1.165) is 90.4 Å². The summed E-state index contributed by atoms with van der Waals surface area (Å²) in [7, 11) is 4.22. The van der Waals surface area contributed by atoms with E-state index in [1.54, 1.807) is 0 Å². The Hall–Kier alpha value is -1.70. The summed E-state index contributed by atoms with van der Waals surface area (Å²) in [4.78, 5) is 26.1. The van der Waals surface area contributed by atoms with Crippen molar-refractivity contribution in [3.05, 3.63) is 24.3 Å². The molecule has 0 aliphatic heterocycles. The zero-order valence-electron chi connectivity index (χ0n) is 30.1. The normalized spacial score (nSPS) is 11.9. The summed E-state index contributed by atoms with van der Waals surface area (Å²) in [6.45, 7) is 9.54. The monoisotopic (exact) mass is 636 g/mol. The highest BCUT2D eigenvalue weighted by Gasteiger charge is 2.06. The lowest BCUT2D eigenvalue weighted by atomic mass is 10.1. The lowest BCUT2D eigenvalue weighted by Crippen LogP contribution is -2.42. The quantitative estimate of drug-likeness (QED) is 0.0327. The van der Waals surface area contributed by atoms with Crippen molar-refractivity contribution in [2.24, 2.45) is 0 Å². The minimum absolute atomic E-state index is 0.0537. The van der Waals surface area contributed by atoms with Crippen molar-refractivity contribution in [1.82, 2.24) is 15.3 Å². The molecule has 0 atom stereocenters. The van der Waals surface area contributed by atoms with Gasteiger partial charge in [-0.1, -0.05) is 102 Å². The van der Waals surface area contributed by atoms with Gasteiger partial charge in [-0.05, 0) is 78.3 Å². The molecule has 0 heterocycles. The molecule has 45 heavy (non-hydrogen) atoms. The van der Waals surface area contributed by atoms with Crippen LogP contribution in [-0.4, -0.2) is 75.3 Å². The van der Waals surface area contributed by atoms with Crippen molar-refractivity contribution in [2.45, 2.75) is 155 Å². The first-order chi connectivity index (χ1) is 22.0. The number of ether oxygens (including phenoxy) is 2. The molecule has 0 radical (unpaired) electrons. The predicted octanol–water partition coefficient (Wildman–Crippen LogP) is 9.18. The van der Waals surface area contributed by atoms with Crippen LogP contribution >= 0.6 is 0 Å². The van der Waals surface area contributed by atoms with Gasteiger partial charge in [0.2, 0.25) is 0 Å². The molecule has 0 aromatic carbocycles. The summed E-state index contributed by atoms with van der Waals surface area (Å²) >= 11 is 0. The summed E-state index contributed by atoms with van der Waals surface area (Å²) in [5.74, 6) is -0.107. The zero-order chi connectivity index (χ0) is 33.1. The van der Waals surface area contributed by atoms with E-state index in [0.29, 0.717) is 26.1 Å². The molecular formula is C38H73N3O4. The number of allylic oxidation sites excluding steroid dienone is 2. The predicted molar refractivity (Wildman–Crippen MR) is 191 cm³/mol. The molecule has 0 amide bonds. The van der Waals surface area contributed by atoms with Gasteiger partial charge in [0.1, 0.15) is 0 Å². The Balaban J connectivity index is 3.86. The second-order valence-electron chi connectivity index (χ2n) is 12.7. The maximum Gasteiger partial charge on any atom is 0.305 e. The van der Waals surface area contributed by atoms with Gasteiger partial charge in [0.25, 0.3) is 0 Å². The van der Waals surface area contributed by atoms with Crippen LogP contribution in [-0.2, 0) is 19.1 Å². The molecule has 0 spiro atoms. The summed E-state index contributed by atoms with van der Waals surface area (Å²) < 4.78 is 10.7. The SMILES string of the molecule is CCCCC/C=C\CCOC(=O)CCCCCCCN(CCCCCCCC(=O)OCC/C=C\CCCCC)NCCN(C)C. The largest absolute Gasteiger partial charge is 0.465 e. The van der Waals surface area contributed by atoms with Crippen LogP contribution < -0.4 is 5.43 Å². The molecule has 0 aliphatic rings. The van der Waals surface area contributed by atoms with Gasteiger partial charge >= 0.3 is 11.9 Å². The van der Waals surface area contributed by atoms with Crippen molar-refractivity contribution < 1.29 is 19.1 Å². The molecule has 0 aromatic heterocycles. The second kappa shape index (κ2) is 35.2. The van der Waals surface area contributed by atoms with Crippen LogP contribution in [0.1, 0.15) is 155 Å². The number of nitrogens with one attached hydrogen (secondary N) is 1. The van der Waals surface area contributed by atoms with E-state index in [1.165, 1.54) is 64.2 Å². The molecule has 7 heteroatoms. The molecule has 0 bridgehead atoms. The number of hydrogen-bond donors (Lipinski definition) is 1. The summed E-state index contributed by atoms with van der Waals surface area (Å²) in [5.41, 5.74) is 3.63. The van der Waals surface area contributed by atoms with Crippen LogP contribution in [0.15, 0.2) is 24.3 Å². The number of rotatable bonds is 34. The fourth-order valence-electron chi connectivity index (χ4n) is 5.03. The summed E-state index contributed by atoms with van der Waals surface area (Å²) in [6.07, 6.45) is 32.3. The Morgan fingerprint density at radius 1 is 0.533 bits per heavy atom. The van der Waals surface area contributed by atoms with Gasteiger partial charge in [0.15, 0.2) is 0 Å². The summed E-state index contributed by atoms with van der Waals surface area (Å²) in [6, 6.07) is 0. The number of hydrogen-bond acceptors (Lipinski definition) is 7. The van der Waals surface area contributed by atoms with E-state index < -0.39 is 0 Å². The Kier molecular flexibility index (Phi) is 33.8. The Morgan fingerprint density at radius 2 is 0.956 bits per heavy atom. The molecular weight excluding hydrogens is 562 g/mol. The number of unbranched alkanes of at least 4 members (excludes halogenated alkanes) is 14. The Bertz CT molecular complexity index is 659. The molecule has 0 rings (SSSR count). The number of likely N-dealkylation sites (N-methyl/N-ethyl adjacent to an activating group) is 1. The van der Waals surface area contributed by atoms with Crippen LogP contribution in [0.2, 0.25) is 0 Å². The average Bonchev–Trinajstić information content (AvgIpc) is 3.02. The number of esters is 2. The third-order valence-corrected chi connectivity index (χ3v) is 7.89. The van der Waals surface area contributed by atoms with Gasteiger partial charge in [-0.3, -0.25) is 15.0 Å². The minimum Gasteiger partial charge on any atom is -0.465 e. The fourth-order valence-corrected chi connectivity index (χ4v) is 5.03. The maximum absolute atomic E-state index is 12.0. The van der Waals surface area contributed by atoms with Crippen LogP contribution in [0.4, 0.5) is 0 Å². The third kappa shape index (κ3) is 35.0. The zero-order valence-corrected chi connectivity index (χ0v) is 30.1. The Labute approximate surface area is 278 Å². The molecule has 0 aromatic rings. The molecule has 264 valence electrons. The van der Waals surface area contributed by atoms with Crippen LogP contribution in [0.5, 0.6) is 0 Å². The van der Waals surface area contributed by atoms with Crippen LogP contribution in [0.25, 0.3) is 0 Å². The van der Waals surface area contributed by atoms with Gasteiger partial charge in [-0.2, -0.15) is 0 Å². The number of hydrazine groups is 1. The highest BCUT2D eigenvalue weighted by Crippen LogP contribution is 2.10. The second-order valence-corrected chi connectivity index (χ2v) is 12.7. The van der Waals surface area contributed by atoms with E-state index in [4.69, 9.17) is 9.47 Å². The van der Waals surface area contributed by atoms with Crippen LogP contribution in [0.3, 0.4) is 0 Å². The first-order valence-electron chi connectivity index (χ1n) is 18.7. The van der Waals surface area contributed by atoms with E-state index in [1.807, 2.05) is 0 Å². The van der Waals surface area contributed by atoms with Gasteiger partial charge in [-0.25, -0.2) is 5.01 Å². The molecule has 0 aliphatic carbocycles. The third-order valence-electron chi connectivity index (χ3n) is 7.89. The number of carbonyl (C=O) groups excluding carboxylic acids is 2. The van der Waals surface area contributed by atoms with Crippen molar-refractivity contribution in [3.8, 4) is 0 Å². The van der Waals surface area contributed by atoms with Gasteiger partial charge in [0, 0.05) is 39.0 Å². The lowest BCUT2D eigenvalue weighted by molar-refractivity contribution is -0.144. The van der Waals surface area contributed by atoms with Gasteiger partial charge < -0.3 is 14.4 Å². The van der Waals surface area contributed by atoms with E-state index in [2.05, 4.69) is 67.6 Å². The highest BCUT2D eigenvalue weighted by molar-refractivity contribution is 5.69. The number of nitrogens with zero attached hydrogens (tertiary/aromatic N) is 2. The fraction of sp³-hybridized carbons (Fsp3) is 0.842. The maximum atomic E-state index is 12.0. The summed E-state index contributed by atoms with van der Waals surface area (Å²) in [5, 5.41) is 2.40. The molecule has 0 unspecified atom stereocenters.